The minimum Gasteiger partial charge on any atom is -0.311 e. The molecule has 1 heterocycles. The normalized spacial score (nSPS) is 24.6. The van der Waals surface area contributed by atoms with Crippen LogP contribution in [-0.2, 0) is 6.54 Å². The van der Waals surface area contributed by atoms with Gasteiger partial charge in [-0.25, -0.2) is 8.78 Å². The first-order valence-electron chi connectivity index (χ1n) is 7.01. The topological polar surface area (TPSA) is 15.3 Å². The fraction of sp³-hybridized carbons (Fsp3) is 0.600. The van der Waals surface area contributed by atoms with Crippen LogP contribution in [0.3, 0.4) is 0 Å². The first-order chi connectivity index (χ1) is 9.08. The summed E-state index contributed by atoms with van der Waals surface area (Å²) < 4.78 is 26.5. The van der Waals surface area contributed by atoms with E-state index in [4.69, 9.17) is 0 Å². The summed E-state index contributed by atoms with van der Waals surface area (Å²) in [5.74, 6) is -0.990. The second kappa shape index (κ2) is 6.44. The highest BCUT2D eigenvalue weighted by atomic mass is 19.1. The van der Waals surface area contributed by atoms with Crippen LogP contribution in [-0.4, -0.2) is 30.1 Å². The van der Waals surface area contributed by atoms with E-state index in [0.29, 0.717) is 24.2 Å². The lowest BCUT2D eigenvalue weighted by Crippen LogP contribution is -2.54. The number of hydrogen-bond acceptors (Lipinski definition) is 2. The van der Waals surface area contributed by atoms with Crippen molar-refractivity contribution in [2.75, 3.05) is 13.1 Å². The zero-order valence-electron chi connectivity index (χ0n) is 11.6. The van der Waals surface area contributed by atoms with Gasteiger partial charge in [0.15, 0.2) is 0 Å². The third kappa shape index (κ3) is 3.98. The molecule has 2 nitrogen and oxygen atoms in total. The van der Waals surface area contributed by atoms with E-state index in [2.05, 4.69) is 24.1 Å². The number of rotatable bonds is 4. The summed E-state index contributed by atoms with van der Waals surface area (Å²) in [5.41, 5.74) is 0.715. The van der Waals surface area contributed by atoms with Gasteiger partial charge in [0, 0.05) is 37.8 Å². The highest BCUT2D eigenvalue weighted by Gasteiger charge is 2.25. The van der Waals surface area contributed by atoms with E-state index in [9.17, 15) is 8.78 Å². The first kappa shape index (κ1) is 14.4. The standard InChI is InChI=1S/C15H22F2N2/c1-3-4-15-8-18-11(2)9-19(15)10-12-5-13(16)7-14(17)6-12/h5-7,11,15,18H,3-4,8-10H2,1-2H3. The minimum absolute atomic E-state index is 0.423. The Morgan fingerprint density at radius 2 is 1.95 bits per heavy atom. The van der Waals surface area contributed by atoms with Gasteiger partial charge in [-0.2, -0.15) is 0 Å². The molecular formula is C15H22F2N2. The van der Waals surface area contributed by atoms with E-state index >= 15 is 0 Å². The Morgan fingerprint density at radius 1 is 1.26 bits per heavy atom. The Morgan fingerprint density at radius 3 is 2.58 bits per heavy atom. The molecule has 0 amide bonds. The summed E-state index contributed by atoms with van der Waals surface area (Å²) in [4.78, 5) is 2.33. The SMILES string of the molecule is CCCC1CNC(C)CN1Cc1cc(F)cc(F)c1. The third-order valence-electron chi connectivity index (χ3n) is 3.66. The maximum atomic E-state index is 13.2. The molecule has 0 radical (unpaired) electrons. The van der Waals surface area contributed by atoms with Crippen molar-refractivity contribution in [2.24, 2.45) is 0 Å². The fourth-order valence-corrected chi connectivity index (χ4v) is 2.78. The average Bonchev–Trinajstić information content (AvgIpc) is 2.31. The summed E-state index contributed by atoms with van der Waals surface area (Å²) in [6, 6.07) is 4.66. The smallest absolute Gasteiger partial charge is 0.126 e. The van der Waals surface area contributed by atoms with Crippen molar-refractivity contribution >= 4 is 0 Å². The highest BCUT2D eigenvalue weighted by molar-refractivity contribution is 5.18. The number of piperazine rings is 1. The van der Waals surface area contributed by atoms with Crippen molar-refractivity contribution in [1.82, 2.24) is 10.2 Å². The highest BCUT2D eigenvalue weighted by Crippen LogP contribution is 2.17. The van der Waals surface area contributed by atoms with Gasteiger partial charge in [0.1, 0.15) is 11.6 Å². The second-order valence-corrected chi connectivity index (χ2v) is 5.46. The molecule has 2 rings (SSSR count). The number of halogens is 2. The quantitative estimate of drug-likeness (QED) is 0.903. The lowest BCUT2D eigenvalue weighted by atomic mass is 10.0. The van der Waals surface area contributed by atoms with Crippen molar-refractivity contribution in [1.29, 1.82) is 0 Å². The van der Waals surface area contributed by atoms with Crippen LogP contribution in [0.15, 0.2) is 18.2 Å². The van der Waals surface area contributed by atoms with Gasteiger partial charge in [0.25, 0.3) is 0 Å². The molecule has 0 spiro atoms. The molecule has 2 unspecified atom stereocenters. The van der Waals surface area contributed by atoms with E-state index in [0.717, 1.165) is 32.0 Å². The monoisotopic (exact) mass is 268 g/mol. The van der Waals surface area contributed by atoms with Crippen LogP contribution in [0.2, 0.25) is 0 Å². The molecule has 0 aromatic heterocycles. The predicted octanol–water partition coefficient (Wildman–Crippen LogP) is 2.93. The summed E-state index contributed by atoms with van der Waals surface area (Å²) >= 11 is 0. The molecule has 1 saturated heterocycles. The molecule has 1 aliphatic rings. The van der Waals surface area contributed by atoms with Gasteiger partial charge in [0.2, 0.25) is 0 Å². The number of hydrogen-bond donors (Lipinski definition) is 1. The van der Waals surface area contributed by atoms with Gasteiger partial charge in [-0.1, -0.05) is 13.3 Å². The third-order valence-corrected chi connectivity index (χ3v) is 3.66. The molecule has 0 bridgehead atoms. The molecule has 0 saturated carbocycles. The summed E-state index contributed by atoms with van der Waals surface area (Å²) in [7, 11) is 0. The summed E-state index contributed by atoms with van der Waals surface area (Å²) in [6.45, 7) is 6.79. The van der Waals surface area contributed by atoms with Gasteiger partial charge in [0.05, 0.1) is 0 Å². The average molecular weight is 268 g/mol. The molecule has 1 fully saturated rings. The Labute approximate surface area is 113 Å². The van der Waals surface area contributed by atoms with Crippen molar-refractivity contribution < 1.29 is 8.78 Å². The molecule has 4 heteroatoms. The summed E-state index contributed by atoms with van der Waals surface area (Å²) in [5, 5.41) is 3.47. The van der Waals surface area contributed by atoms with Crippen molar-refractivity contribution in [2.45, 2.75) is 45.3 Å². The number of nitrogens with one attached hydrogen (secondary N) is 1. The zero-order valence-corrected chi connectivity index (χ0v) is 11.6. The zero-order chi connectivity index (χ0) is 13.8. The first-order valence-corrected chi connectivity index (χ1v) is 7.01. The molecule has 2 atom stereocenters. The van der Waals surface area contributed by atoms with Crippen LogP contribution in [0.1, 0.15) is 32.3 Å². The molecule has 1 N–H and O–H groups in total. The van der Waals surface area contributed by atoms with Crippen LogP contribution < -0.4 is 5.32 Å². The summed E-state index contributed by atoms with van der Waals surface area (Å²) in [6.07, 6.45) is 2.23. The van der Waals surface area contributed by atoms with Gasteiger partial charge in [-0.15, -0.1) is 0 Å². The van der Waals surface area contributed by atoms with Crippen LogP contribution in [0.25, 0.3) is 0 Å². The minimum atomic E-state index is -0.495. The molecule has 19 heavy (non-hydrogen) atoms. The molecule has 0 aliphatic carbocycles. The number of nitrogens with zero attached hydrogens (tertiary/aromatic N) is 1. The molecule has 106 valence electrons. The Bertz CT molecular complexity index is 402. The second-order valence-electron chi connectivity index (χ2n) is 5.46. The van der Waals surface area contributed by atoms with E-state index in [1.165, 1.54) is 12.1 Å². The Kier molecular flexibility index (Phi) is 4.88. The van der Waals surface area contributed by atoms with Crippen LogP contribution in [0, 0.1) is 11.6 Å². The van der Waals surface area contributed by atoms with Gasteiger partial charge in [-0.05, 0) is 31.0 Å². The Balaban J connectivity index is 2.09. The van der Waals surface area contributed by atoms with Gasteiger partial charge in [-0.3, -0.25) is 4.90 Å². The van der Waals surface area contributed by atoms with Crippen LogP contribution in [0.5, 0.6) is 0 Å². The van der Waals surface area contributed by atoms with Crippen LogP contribution >= 0.6 is 0 Å². The predicted molar refractivity (Wildman–Crippen MR) is 72.9 cm³/mol. The fourth-order valence-electron chi connectivity index (χ4n) is 2.78. The Hall–Kier alpha value is -1.00. The van der Waals surface area contributed by atoms with E-state index < -0.39 is 11.6 Å². The van der Waals surface area contributed by atoms with E-state index in [-0.39, 0.29) is 0 Å². The van der Waals surface area contributed by atoms with Gasteiger partial charge >= 0.3 is 0 Å². The molecule has 1 aromatic carbocycles. The van der Waals surface area contributed by atoms with Gasteiger partial charge < -0.3 is 5.32 Å². The molecule has 1 aliphatic heterocycles. The largest absolute Gasteiger partial charge is 0.311 e. The van der Waals surface area contributed by atoms with Crippen molar-refractivity contribution in [3.63, 3.8) is 0 Å². The van der Waals surface area contributed by atoms with Crippen molar-refractivity contribution in [3.05, 3.63) is 35.4 Å². The lowest BCUT2D eigenvalue weighted by molar-refractivity contribution is 0.120. The van der Waals surface area contributed by atoms with Crippen molar-refractivity contribution in [3.8, 4) is 0 Å². The maximum absolute atomic E-state index is 13.2. The maximum Gasteiger partial charge on any atom is 0.126 e. The van der Waals surface area contributed by atoms with E-state index in [1.54, 1.807) is 0 Å². The van der Waals surface area contributed by atoms with Crippen LogP contribution in [0.4, 0.5) is 8.78 Å². The molecular weight excluding hydrogens is 246 g/mol. The number of benzene rings is 1. The molecule has 1 aromatic rings. The lowest BCUT2D eigenvalue weighted by Gasteiger charge is -2.39. The van der Waals surface area contributed by atoms with E-state index in [1.807, 2.05) is 0 Å².